The lowest BCUT2D eigenvalue weighted by molar-refractivity contribution is 0.500. The second-order valence-corrected chi connectivity index (χ2v) is 3.01. The molecule has 0 atom stereocenters. The highest BCUT2D eigenvalue weighted by atomic mass is 35.5. The SMILES string of the molecule is Cc1ccc(Cl)cc1[B-](F)(F)F. The summed E-state index contributed by atoms with van der Waals surface area (Å²) in [6.45, 7) is -3.52. The van der Waals surface area contributed by atoms with Crippen LogP contribution in [0.3, 0.4) is 0 Å². The zero-order valence-electron chi connectivity index (χ0n) is 6.32. The maximum absolute atomic E-state index is 12.2. The van der Waals surface area contributed by atoms with Gasteiger partial charge in [0.25, 0.3) is 0 Å². The van der Waals surface area contributed by atoms with Gasteiger partial charge in [0.2, 0.25) is 0 Å². The molecule has 0 amide bonds. The molecular formula is C7H6BClF3-. The van der Waals surface area contributed by atoms with Crippen LogP contribution in [-0.4, -0.2) is 6.98 Å². The van der Waals surface area contributed by atoms with Gasteiger partial charge in [-0.3, -0.25) is 0 Å². The molecule has 0 aliphatic heterocycles. The molecule has 0 unspecified atom stereocenters. The Kier molecular flexibility index (Phi) is 2.37. The lowest BCUT2D eigenvalue weighted by atomic mass is 9.77. The fourth-order valence-electron chi connectivity index (χ4n) is 0.964. The standard InChI is InChI=1S/C7H6BClF3/c1-5-2-3-6(9)4-7(5)8(10,11)12/h2-4H,1H3/q-1. The third-order valence-corrected chi connectivity index (χ3v) is 1.83. The number of halogens is 4. The molecule has 0 bridgehead atoms. The van der Waals surface area contributed by atoms with Gasteiger partial charge in [-0.1, -0.05) is 29.3 Å². The van der Waals surface area contributed by atoms with Gasteiger partial charge in [-0.15, -0.1) is 5.46 Å². The van der Waals surface area contributed by atoms with Gasteiger partial charge in [-0.2, -0.15) is 0 Å². The van der Waals surface area contributed by atoms with E-state index in [0.717, 1.165) is 6.07 Å². The maximum Gasteiger partial charge on any atom is 0.509 e. The van der Waals surface area contributed by atoms with Gasteiger partial charge in [-0.05, 0) is 13.0 Å². The van der Waals surface area contributed by atoms with Crippen LogP contribution >= 0.6 is 11.6 Å². The van der Waals surface area contributed by atoms with Gasteiger partial charge < -0.3 is 12.9 Å². The molecule has 66 valence electrons. The summed E-state index contributed by atoms with van der Waals surface area (Å²) in [6.07, 6.45) is 0. The molecule has 0 spiro atoms. The summed E-state index contributed by atoms with van der Waals surface area (Å²) in [5, 5.41) is 0.120. The van der Waals surface area contributed by atoms with Crippen LogP contribution in [0.15, 0.2) is 18.2 Å². The first kappa shape index (κ1) is 9.45. The molecule has 1 aromatic carbocycles. The van der Waals surface area contributed by atoms with Crippen molar-refractivity contribution in [2.24, 2.45) is 0 Å². The van der Waals surface area contributed by atoms with Gasteiger partial charge >= 0.3 is 6.98 Å². The Balaban J connectivity index is 3.23. The van der Waals surface area contributed by atoms with Gasteiger partial charge in [-0.25, -0.2) is 0 Å². The van der Waals surface area contributed by atoms with Crippen LogP contribution in [0.4, 0.5) is 12.9 Å². The van der Waals surface area contributed by atoms with Crippen molar-refractivity contribution in [1.29, 1.82) is 0 Å². The summed E-state index contributed by atoms with van der Waals surface area (Å²) >= 11 is 5.43. The summed E-state index contributed by atoms with van der Waals surface area (Å²) in [5.41, 5.74) is -0.394. The molecule has 1 rings (SSSR count). The predicted octanol–water partition coefficient (Wildman–Crippen LogP) is 2.70. The fourth-order valence-corrected chi connectivity index (χ4v) is 1.14. The van der Waals surface area contributed by atoms with Crippen LogP contribution in [-0.2, 0) is 0 Å². The van der Waals surface area contributed by atoms with Crippen LogP contribution < -0.4 is 5.46 Å². The van der Waals surface area contributed by atoms with E-state index in [9.17, 15) is 12.9 Å². The number of rotatable bonds is 1. The molecular weight excluding hydrogens is 187 g/mol. The molecule has 5 heteroatoms. The van der Waals surface area contributed by atoms with E-state index in [0.29, 0.717) is 0 Å². The molecule has 0 aliphatic carbocycles. The van der Waals surface area contributed by atoms with Gasteiger partial charge in [0.15, 0.2) is 0 Å². The zero-order chi connectivity index (χ0) is 9.35. The van der Waals surface area contributed by atoms with Gasteiger partial charge in [0, 0.05) is 5.02 Å². The first-order valence-corrected chi connectivity index (χ1v) is 3.75. The van der Waals surface area contributed by atoms with Crippen molar-refractivity contribution < 1.29 is 12.9 Å². The second kappa shape index (κ2) is 3.01. The number of hydrogen-bond donors (Lipinski definition) is 0. The first-order valence-electron chi connectivity index (χ1n) is 3.37. The lowest BCUT2D eigenvalue weighted by Crippen LogP contribution is -2.35. The highest BCUT2D eigenvalue weighted by Crippen LogP contribution is 2.15. The Morgan fingerprint density at radius 3 is 2.25 bits per heavy atom. The molecule has 0 aromatic heterocycles. The molecule has 0 aliphatic rings. The molecule has 1 aromatic rings. The van der Waals surface area contributed by atoms with Crippen LogP contribution in [0.1, 0.15) is 5.56 Å². The summed E-state index contributed by atoms with van der Waals surface area (Å²) in [4.78, 5) is 0. The molecule has 0 N–H and O–H groups in total. The van der Waals surface area contributed by atoms with Crippen molar-refractivity contribution >= 4 is 24.0 Å². The third-order valence-electron chi connectivity index (χ3n) is 1.59. The van der Waals surface area contributed by atoms with Crippen molar-refractivity contribution in [3.63, 3.8) is 0 Å². The highest BCUT2D eigenvalue weighted by Gasteiger charge is 2.27. The third kappa shape index (κ3) is 1.94. The quantitative estimate of drug-likeness (QED) is 0.602. The van der Waals surface area contributed by atoms with E-state index in [-0.39, 0.29) is 10.6 Å². The Bertz CT molecular complexity index is 295. The van der Waals surface area contributed by atoms with E-state index in [1.807, 2.05) is 0 Å². The number of aryl methyl sites for hydroxylation is 1. The average Bonchev–Trinajstić information content (AvgIpc) is 1.92. The Morgan fingerprint density at radius 1 is 1.25 bits per heavy atom. The van der Waals surface area contributed by atoms with Gasteiger partial charge in [0.1, 0.15) is 0 Å². The van der Waals surface area contributed by atoms with Crippen LogP contribution in [0, 0.1) is 6.92 Å². The van der Waals surface area contributed by atoms with Crippen LogP contribution in [0.25, 0.3) is 0 Å². The Labute approximate surface area is 73.4 Å². The van der Waals surface area contributed by atoms with Crippen molar-refractivity contribution in [3.8, 4) is 0 Å². The summed E-state index contributed by atoms with van der Waals surface area (Å²) in [5.74, 6) is 0. The molecule has 0 fully saturated rings. The number of benzene rings is 1. The Morgan fingerprint density at radius 2 is 1.83 bits per heavy atom. The van der Waals surface area contributed by atoms with Crippen molar-refractivity contribution in [2.75, 3.05) is 0 Å². The first-order chi connectivity index (χ1) is 5.41. The van der Waals surface area contributed by atoms with E-state index in [1.54, 1.807) is 0 Å². The largest absolute Gasteiger partial charge is 0.509 e. The summed E-state index contributed by atoms with van der Waals surface area (Å²) in [6, 6.07) is 3.77. The van der Waals surface area contributed by atoms with Crippen LogP contribution in [0.2, 0.25) is 5.02 Å². The average molecular weight is 193 g/mol. The molecule has 0 radical (unpaired) electrons. The fraction of sp³-hybridized carbons (Fsp3) is 0.143. The highest BCUT2D eigenvalue weighted by molar-refractivity contribution is 6.74. The van der Waals surface area contributed by atoms with E-state index in [2.05, 4.69) is 0 Å². The number of hydrogen-bond acceptors (Lipinski definition) is 0. The van der Waals surface area contributed by atoms with Crippen molar-refractivity contribution in [2.45, 2.75) is 6.92 Å². The predicted molar refractivity (Wildman–Crippen MR) is 44.9 cm³/mol. The maximum atomic E-state index is 12.2. The molecule has 0 saturated heterocycles. The molecule has 0 heterocycles. The molecule has 12 heavy (non-hydrogen) atoms. The lowest BCUT2D eigenvalue weighted by Gasteiger charge is -2.17. The van der Waals surface area contributed by atoms with Gasteiger partial charge in [0.05, 0.1) is 0 Å². The summed E-state index contributed by atoms with van der Waals surface area (Å²) < 4.78 is 36.7. The van der Waals surface area contributed by atoms with E-state index >= 15 is 0 Å². The van der Waals surface area contributed by atoms with Crippen molar-refractivity contribution in [1.82, 2.24) is 0 Å². The van der Waals surface area contributed by atoms with Crippen LogP contribution in [0.5, 0.6) is 0 Å². The molecule has 0 nitrogen and oxygen atoms in total. The Hall–Kier alpha value is -0.635. The minimum atomic E-state index is -4.93. The normalized spacial score (nSPS) is 11.8. The summed E-state index contributed by atoms with van der Waals surface area (Å²) in [7, 11) is 0. The molecule has 0 saturated carbocycles. The smallest absolute Gasteiger partial charge is 0.445 e. The zero-order valence-corrected chi connectivity index (χ0v) is 7.08. The minimum absolute atomic E-state index is 0.120. The monoisotopic (exact) mass is 193 g/mol. The topological polar surface area (TPSA) is 0 Å². The minimum Gasteiger partial charge on any atom is -0.445 e. The van der Waals surface area contributed by atoms with E-state index in [4.69, 9.17) is 11.6 Å². The van der Waals surface area contributed by atoms with Crippen molar-refractivity contribution in [3.05, 3.63) is 28.8 Å². The van der Waals surface area contributed by atoms with E-state index in [1.165, 1.54) is 19.1 Å². The van der Waals surface area contributed by atoms with E-state index < -0.39 is 12.4 Å². The second-order valence-electron chi connectivity index (χ2n) is 2.58.